The molecule has 0 radical (unpaired) electrons. The Morgan fingerprint density at radius 2 is 1.71 bits per heavy atom. The zero-order chi connectivity index (χ0) is 19.7. The van der Waals surface area contributed by atoms with Crippen LogP contribution in [-0.4, -0.2) is 9.55 Å². The first kappa shape index (κ1) is 18.2. The largest absolute Gasteiger partial charge is 0.487 e. The fraction of sp³-hybridized carbons (Fsp3) is 0.174. The molecule has 0 spiro atoms. The third-order valence-corrected chi connectivity index (χ3v) is 5.10. The van der Waals surface area contributed by atoms with Gasteiger partial charge >= 0.3 is 0 Å². The van der Waals surface area contributed by atoms with E-state index < -0.39 is 0 Å². The van der Waals surface area contributed by atoms with E-state index in [1.54, 1.807) is 30.5 Å². The van der Waals surface area contributed by atoms with Gasteiger partial charge in [-0.3, -0.25) is 4.98 Å². The summed E-state index contributed by atoms with van der Waals surface area (Å²) in [5.74, 6) is 0.0350. The van der Waals surface area contributed by atoms with E-state index >= 15 is 0 Å². The predicted octanol–water partition coefficient (Wildman–Crippen LogP) is 5.56. The van der Waals surface area contributed by atoms with Gasteiger partial charge in [-0.2, -0.15) is 0 Å². The Kier molecular flexibility index (Phi) is 4.82. The van der Waals surface area contributed by atoms with Crippen molar-refractivity contribution in [3.63, 3.8) is 0 Å². The van der Waals surface area contributed by atoms with Crippen molar-refractivity contribution >= 4 is 10.9 Å². The van der Waals surface area contributed by atoms with Gasteiger partial charge in [0.1, 0.15) is 29.7 Å². The van der Waals surface area contributed by atoms with Crippen LogP contribution in [0.3, 0.4) is 0 Å². The predicted molar refractivity (Wildman–Crippen MR) is 105 cm³/mol. The lowest BCUT2D eigenvalue weighted by Gasteiger charge is -2.13. The van der Waals surface area contributed by atoms with Gasteiger partial charge in [0.15, 0.2) is 0 Å². The first-order valence-electron chi connectivity index (χ1n) is 9.09. The Morgan fingerprint density at radius 1 is 0.964 bits per heavy atom. The molecular weight excluding hydrogens is 358 g/mol. The van der Waals surface area contributed by atoms with E-state index in [0.29, 0.717) is 17.9 Å². The summed E-state index contributed by atoms with van der Waals surface area (Å²) in [6, 6.07) is 14.7. The third-order valence-electron chi connectivity index (χ3n) is 5.10. The second-order valence-corrected chi connectivity index (χ2v) is 6.78. The molecule has 0 aliphatic heterocycles. The molecule has 28 heavy (non-hydrogen) atoms. The summed E-state index contributed by atoms with van der Waals surface area (Å²) in [5, 5.41) is 1.07. The van der Waals surface area contributed by atoms with E-state index in [2.05, 4.69) is 16.5 Å². The number of ether oxygens (including phenoxy) is 1. The highest BCUT2D eigenvalue weighted by atomic mass is 19.1. The van der Waals surface area contributed by atoms with Gasteiger partial charge < -0.3 is 9.30 Å². The van der Waals surface area contributed by atoms with Gasteiger partial charge in [-0.1, -0.05) is 18.2 Å². The number of aryl methyl sites for hydroxylation is 1. The average Bonchev–Trinajstić information content (AvgIpc) is 2.95. The van der Waals surface area contributed by atoms with Gasteiger partial charge in [0.05, 0.1) is 12.1 Å². The molecule has 0 bridgehead atoms. The van der Waals surface area contributed by atoms with Crippen LogP contribution in [0, 0.1) is 25.5 Å². The van der Waals surface area contributed by atoms with Crippen molar-refractivity contribution in [1.29, 1.82) is 0 Å². The minimum atomic E-state index is -0.308. The number of rotatable bonds is 5. The summed E-state index contributed by atoms with van der Waals surface area (Å²) < 4.78 is 35.2. The van der Waals surface area contributed by atoms with Gasteiger partial charge in [-0.25, -0.2) is 8.78 Å². The topological polar surface area (TPSA) is 27.1 Å². The monoisotopic (exact) mass is 378 g/mol. The van der Waals surface area contributed by atoms with Crippen molar-refractivity contribution in [2.45, 2.75) is 27.0 Å². The quantitative estimate of drug-likeness (QED) is 0.455. The molecule has 3 nitrogen and oxygen atoms in total. The number of hydrogen-bond donors (Lipinski definition) is 0. The maximum Gasteiger partial charge on any atom is 0.132 e. The van der Waals surface area contributed by atoms with Crippen LogP contribution < -0.4 is 4.74 Å². The zero-order valence-electron chi connectivity index (χ0n) is 15.7. The summed E-state index contributed by atoms with van der Waals surface area (Å²) >= 11 is 0. The number of halogens is 2. The third kappa shape index (κ3) is 3.36. The van der Waals surface area contributed by atoms with Gasteiger partial charge in [0, 0.05) is 22.8 Å². The molecule has 0 saturated carbocycles. The molecule has 4 aromatic rings. The Balaban J connectivity index is 1.74. The van der Waals surface area contributed by atoms with E-state index in [1.807, 2.05) is 19.1 Å². The molecule has 2 aromatic carbocycles. The molecule has 4 rings (SSSR count). The first-order valence-corrected chi connectivity index (χ1v) is 9.09. The number of nitrogens with zero attached hydrogens (tertiary/aromatic N) is 2. The number of fused-ring (bicyclic) bond motifs is 1. The van der Waals surface area contributed by atoms with Crippen LogP contribution in [0.25, 0.3) is 10.9 Å². The van der Waals surface area contributed by atoms with E-state index in [1.165, 1.54) is 18.2 Å². The molecule has 0 atom stereocenters. The van der Waals surface area contributed by atoms with Crippen molar-refractivity contribution in [3.8, 4) is 5.75 Å². The highest BCUT2D eigenvalue weighted by molar-refractivity contribution is 5.87. The molecule has 0 saturated heterocycles. The molecule has 142 valence electrons. The van der Waals surface area contributed by atoms with Gasteiger partial charge in [-0.15, -0.1) is 0 Å². The van der Waals surface area contributed by atoms with Crippen LogP contribution in [0.5, 0.6) is 5.75 Å². The number of pyridine rings is 1. The van der Waals surface area contributed by atoms with Gasteiger partial charge in [0.2, 0.25) is 0 Å². The molecule has 0 amide bonds. The Bertz CT molecular complexity index is 1130. The Labute approximate surface area is 162 Å². The number of aromatic nitrogens is 2. The molecule has 5 heteroatoms. The van der Waals surface area contributed by atoms with Gasteiger partial charge in [0.25, 0.3) is 0 Å². The maximum atomic E-state index is 14.2. The van der Waals surface area contributed by atoms with Crippen LogP contribution in [0.1, 0.15) is 22.5 Å². The van der Waals surface area contributed by atoms with Gasteiger partial charge in [-0.05, 0) is 55.8 Å². The zero-order valence-corrected chi connectivity index (χ0v) is 15.7. The van der Waals surface area contributed by atoms with Crippen molar-refractivity contribution < 1.29 is 13.5 Å². The van der Waals surface area contributed by atoms with E-state index in [-0.39, 0.29) is 18.2 Å². The average molecular weight is 378 g/mol. The molecular formula is C23H20F2N2O. The van der Waals surface area contributed by atoms with Crippen LogP contribution in [0.2, 0.25) is 0 Å². The minimum absolute atomic E-state index is 0.227. The van der Waals surface area contributed by atoms with E-state index in [4.69, 9.17) is 4.74 Å². The molecule has 2 aromatic heterocycles. The Morgan fingerprint density at radius 3 is 2.46 bits per heavy atom. The van der Waals surface area contributed by atoms with Crippen LogP contribution in [0.4, 0.5) is 8.78 Å². The smallest absolute Gasteiger partial charge is 0.132 e. The molecule has 0 fully saturated rings. The fourth-order valence-electron chi connectivity index (χ4n) is 3.45. The standard InChI is InChI=1S/C23H20F2N2O/c1-15-16(2)27(13-17-5-3-4-6-21(17)25)23-20(15)11-12-26-22(23)14-28-19-9-7-18(24)8-10-19/h3-12H,13-14H2,1-2H3. The van der Waals surface area contributed by atoms with Crippen molar-refractivity contribution in [2.75, 3.05) is 0 Å². The van der Waals surface area contributed by atoms with Crippen LogP contribution >= 0.6 is 0 Å². The summed E-state index contributed by atoms with van der Waals surface area (Å²) in [4.78, 5) is 4.51. The fourth-order valence-corrected chi connectivity index (χ4v) is 3.45. The Hall–Kier alpha value is -3.21. The maximum absolute atomic E-state index is 14.2. The summed E-state index contributed by atoms with van der Waals surface area (Å²) in [5.41, 5.74) is 4.51. The normalized spacial score (nSPS) is 11.1. The van der Waals surface area contributed by atoms with Crippen LogP contribution in [-0.2, 0) is 13.2 Å². The first-order chi connectivity index (χ1) is 13.5. The molecule has 0 N–H and O–H groups in total. The molecule has 2 heterocycles. The highest BCUT2D eigenvalue weighted by Crippen LogP contribution is 2.29. The number of hydrogen-bond acceptors (Lipinski definition) is 2. The van der Waals surface area contributed by atoms with Crippen molar-refractivity contribution in [2.24, 2.45) is 0 Å². The second kappa shape index (κ2) is 7.43. The van der Waals surface area contributed by atoms with Crippen molar-refractivity contribution in [3.05, 3.63) is 94.9 Å². The lowest BCUT2D eigenvalue weighted by atomic mass is 10.2. The molecule has 0 aliphatic rings. The summed E-state index contributed by atoms with van der Waals surface area (Å²) in [6.07, 6.45) is 1.76. The lowest BCUT2D eigenvalue weighted by molar-refractivity contribution is 0.302. The highest BCUT2D eigenvalue weighted by Gasteiger charge is 2.17. The second-order valence-electron chi connectivity index (χ2n) is 6.78. The lowest BCUT2D eigenvalue weighted by Crippen LogP contribution is -2.07. The summed E-state index contributed by atoms with van der Waals surface area (Å²) in [6.45, 7) is 4.74. The number of benzene rings is 2. The van der Waals surface area contributed by atoms with Crippen molar-refractivity contribution in [1.82, 2.24) is 9.55 Å². The summed E-state index contributed by atoms with van der Waals surface area (Å²) in [7, 11) is 0. The minimum Gasteiger partial charge on any atom is -0.487 e. The van der Waals surface area contributed by atoms with E-state index in [0.717, 1.165) is 27.9 Å². The van der Waals surface area contributed by atoms with Crippen LogP contribution in [0.15, 0.2) is 60.8 Å². The SMILES string of the molecule is Cc1c(C)n(Cc2ccccc2F)c2c(COc3ccc(F)cc3)nccc12. The molecule has 0 unspecified atom stereocenters. The molecule has 0 aliphatic carbocycles. The van der Waals surface area contributed by atoms with E-state index in [9.17, 15) is 8.78 Å².